The molecule has 1 N–H and O–H groups in total. The monoisotopic (exact) mass is 307 g/mol. The molecule has 130 valence electrons. The Morgan fingerprint density at radius 2 is 1.55 bits per heavy atom. The van der Waals surface area contributed by atoms with E-state index in [0.717, 1.165) is 18.7 Å². The van der Waals surface area contributed by atoms with Crippen LogP contribution in [0.2, 0.25) is 0 Å². The summed E-state index contributed by atoms with van der Waals surface area (Å²) in [5.41, 5.74) is 2.33. The summed E-state index contributed by atoms with van der Waals surface area (Å²) in [5.74, 6) is 0. The fourth-order valence-electron chi connectivity index (χ4n) is 1.13. The van der Waals surface area contributed by atoms with Crippen LogP contribution in [-0.2, 0) is 0 Å². The minimum Gasteiger partial charge on any atom is -0.381 e. The normalized spacial score (nSPS) is 10.8. The molecule has 0 atom stereocenters. The van der Waals surface area contributed by atoms with Crippen molar-refractivity contribution >= 4 is 0 Å². The minimum absolute atomic E-state index is 0.836. The van der Waals surface area contributed by atoms with Crippen LogP contribution in [-0.4, -0.2) is 6.54 Å². The molecular weight excluding hydrogens is 266 g/mol. The third kappa shape index (κ3) is 23.6. The molecule has 1 nitrogen and oxygen atoms in total. The topological polar surface area (TPSA) is 12.0 Å². The Kier molecular flexibility index (Phi) is 41.3. The van der Waals surface area contributed by atoms with E-state index in [-0.39, 0.29) is 0 Å². The third-order valence-electron chi connectivity index (χ3n) is 2.12. The van der Waals surface area contributed by atoms with Gasteiger partial charge in [0.1, 0.15) is 0 Å². The van der Waals surface area contributed by atoms with Gasteiger partial charge in [-0.1, -0.05) is 85.4 Å². The van der Waals surface area contributed by atoms with E-state index in [4.69, 9.17) is 0 Å². The van der Waals surface area contributed by atoms with Gasteiger partial charge in [0, 0.05) is 12.2 Å². The van der Waals surface area contributed by atoms with Gasteiger partial charge in [0.25, 0.3) is 0 Å². The maximum atomic E-state index is 3.78. The molecule has 0 spiro atoms. The van der Waals surface area contributed by atoms with Gasteiger partial charge in [-0.2, -0.15) is 0 Å². The van der Waals surface area contributed by atoms with Gasteiger partial charge in [-0.15, -0.1) is 0 Å². The van der Waals surface area contributed by atoms with Crippen molar-refractivity contribution in [3.8, 4) is 0 Å². The Balaban J connectivity index is -0.000000238. The number of hydrogen-bond donors (Lipinski definition) is 1. The smallest absolute Gasteiger partial charge is 0.0397 e. The Morgan fingerprint density at radius 3 is 1.91 bits per heavy atom. The van der Waals surface area contributed by atoms with Gasteiger partial charge in [0.05, 0.1) is 0 Å². The SMILES string of the molecule is C=C/C(=C\C=C/C)NCC(/C=C\CC)=C/C.CC.CC.CC. The second-order valence-electron chi connectivity index (χ2n) is 3.38. The van der Waals surface area contributed by atoms with E-state index in [1.807, 2.05) is 72.8 Å². The Bertz CT molecular complexity index is 304. The van der Waals surface area contributed by atoms with Gasteiger partial charge in [0.2, 0.25) is 0 Å². The molecule has 0 aliphatic rings. The lowest BCUT2D eigenvalue weighted by molar-refractivity contribution is 0.908. The van der Waals surface area contributed by atoms with Crippen LogP contribution in [0.5, 0.6) is 0 Å². The molecule has 0 fully saturated rings. The highest BCUT2D eigenvalue weighted by Crippen LogP contribution is 1.99. The first-order chi connectivity index (χ1) is 10.8. The van der Waals surface area contributed by atoms with Crippen LogP contribution >= 0.6 is 0 Å². The zero-order valence-corrected chi connectivity index (χ0v) is 16.7. The standard InChI is InChI=1S/C15H23N.3C2H6/c1-5-9-11-14(7-3)13-16-15(8-4)12-10-6-2;3*1-2/h6-12,16H,4-5,13H2,1-3H3;3*1-2H3/b10-6-,11-9-,14-7+,15-12+;;;. The number of hydrogen-bond acceptors (Lipinski definition) is 1. The first-order valence-corrected chi connectivity index (χ1v) is 8.79. The quantitative estimate of drug-likeness (QED) is 0.490. The summed E-state index contributed by atoms with van der Waals surface area (Å²) in [7, 11) is 0. The maximum Gasteiger partial charge on any atom is 0.0397 e. The fourth-order valence-corrected chi connectivity index (χ4v) is 1.13. The molecule has 0 aromatic rings. The van der Waals surface area contributed by atoms with Crippen molar-refractivity contribution in [3.05, 3.63) is 60.4 Å². The molecule has 0 radical (unpaired) electrons. The lowest BCUT2D eigenvalue weighted by atomic mass is 10.2. The average Bonchev–Trinajstić information content (AvgIpc) is 2.62. The summed E-state index contributed by atoms with van der Waals surface area (Å²) in [6.45, 7) is 22.8. The summed E-state index contributed by atoms with van der Waals surface area (Å²) < 4.78 is 0. The van der Waals surface area contributed by atoms with E-state index in [2.05, 4.69) is 44.0 Å². The molecule has 22 heavy (non-hydrogen) atoms. The summed E-state index contributed by atoms with van der Waals surface area (Å²) in [6, 6.07) is 0. The largest absolute Gasteiger partial charge is 0.381 e. The van der Waals surface area contributed by atoms with Crippen LogP contribution in [0, 0.1) is 0 Å². The number of nitrogens with one attached hydrogen (secondary N) is 1. The highest BCUT2D eigenvalue weighted by molar-refractivity contribution is 5.25. The zero-order chi connectivity index (χ0) is 18.2. The van der Waals surface area contributed by atoms with Crippen LogP contribution in [0.4, 0.5) is 0 Å². The van der Waals surface area contributed by atoms with Crippen LogP contribution in [0.3, 0.4) is 0 Å². The average molecular weight is 308 g/mol. The predicted octanol–water partition coefficient (Wildman–Crippen LogP) is 7.21. The molecule has 0 unspecified atom stereocenters. The van der Waals surface area contributed by atoms with Crippen molar-refractivity contribution in [2.75, 3.05) is 6.54 Å². The van der Waals surface area contributed by atoms with Crippen LogP contribution in [0.25, 0.3) is 0 Å². The van der Waals surface area contributed by atoms with Gasteiger partial charge in [-0.05, 0) is 38.0 Å². The molecule has 0 heterocycles. The molecule has 1 heteroatoms. The molecule has 0 bridgehead atoms. The fraction of sp³-hybridized carbons (Fsp3) is 0.524. The minimum atomic E-state index is 0.836. The second-order valence-corrected chi connectivity index (χ2v) is 3.38. The molecule has 0 rings (SSSR count). The van der Waals surface area contributed by atoms with Gasteiger partial charge in [0.15, 0.2) is 0 Å². The van der Waals surface area contributed by atoms with Crippen molar-refractivity contribution in [3.63, 3.8) is 0 Å². The van der Waals surface area contributed by atoms with Gasteiger partial charge in [-0.3, -0.25) is 0 Å². The summed E-state index contributed by atoms with van der Waals surface area (Å²) in [5, 5.41) is 3.34. The highest BCUT2D eigenvalue weighted by atomic mass is 14.9. The molecule has 0 aromatic carbocycles. The predicted molar refractivity (Wildman–Crippen MR) is 108 cm³/mol. The number of allylic oxidation sites excluding steroid dienone is 6. The highest BCUT2D eigenvalue weighted by Gasteiger charge is 1.92. The first kappa shape index (κ1) is 28.6. The van der Waals surface area contributed by atoms with Crippen LogP contribution in [0.1, 0.15) is 68.7 Å². The molecule has 0 aromatic heterocycles. The van der Waals surface area contributed by atoms with Crippen LogP contribution in [0.15, 0.2) is 60.4 Å². The van der Waals surface area contributed by atoms with Crippen molar-refractivity contribution in [2.24, 2.45) is 0 Å². The van der Waals surface area contributed by atoms with Gasteiger partial charge in [-0.25, -0.2) is 0 Å². The molecule has 0 aliphatic carbocycles. The lowest BCUT2D eigenvalue weighted by Crippen LogP contribution is -2.14. The van der Waals surface area contributed by atoms with Crippen molar-refractivity contribution in [2.45, 2.75) is 68.7 Å². The molecular formula is C21H41N. The van der Waals surface area contributed by atoms with E-state index in [1.54, 1.807) is 0 Å². The van der Waals surface area contributed by atoms with Gasteiger partial charge < -0.3 is 5.32 Å². The Hall–Kier alpha value is -1.50. The zero-order valence-electron chi connectivity index (χ0n) is 16.7. The van der Waals surface area contributed by atoms with E-state index >= 15 is 0 Å². The summed E-state index contributed by atoms with van der Waals surface area (Å²) >= 11 is 0. The molecule has 0 saturated carbocycles. The maximum absolute atomic E-state index is 3.78. The first-order valence-electron chi connectivity index (χ1n) is 8.79. The summed E-state index contributed by atoms with van der Waals surface area (Å²) in [4.78, 5) is 0. The van der Waals surface area contributed by atoms with E-state index in [1.165, 1.54) is 5.57 Å². The van der Waals surface area contributed by atoms with E-state index < -0.39 is 0 Å². The van der Waals surface area contributed by atoms with Crippen molar-refractivity contribution < 1.29 is 0 Å². The van der Waals surface area contributed by atoms with E-state index in [9.17, 15) is 0 Å². The molecule has 0 saturated heterocycles. The molecule has 0 aliphatic heterocycles. The lowest BCUT2D eigenvalue weighted by Gasteiger charge is -2.07. The van der Waals surface area contributed by atoms with E-state index in [0.29, 0.717) is 0 Å². The van der Waals surface area contributed by atoms with Gasteiger partial charge >= 0.3 is 0 Å². The Labute approximate surface area is 141 Å². The summed E-state index contributed by atoms with van der Waals surface area (Å²) in [6.07, 6.45) is 15.4. The van der Waals surface area contributed by atoms with Crippen molar-refractivity contribution in [1.29, 1.82) is 0 Å². The molecule has 0 amide bonds. The Morgan fingerprint density at radius 1 is 1.00 bits per heavy atom. The number of rotatable bonds is 7. The third-order valence-corrected chi connectivity index (χ3v) is 2.12. The van der Waals surface area contributed by atoms with Crippen molar-refractivity contribution in [1.82, 2.24) is 5.32 Å². The second kappa shape index (κ2) is 31.7. The van der Waals surface area contributed by atoms with Crippen LogP contribution < -0.4 is 5.32 Å².